The number of phenolic OH excluding ortho intramolecular Hbond substituents is 1. The van der Waals surface area contributed by atoms with Gasteiger partial charge in [-0.15, -0.1) is 0 Å². The van der Waals surface area contributed by atoms with E-state index in [4.69, 9.17) is 10.4 Å². The lowest BCUT2D eigenvalue weighted by Crippen LogP contribution is -2.32. The van der Waals surface area contributed by atoms with Gasteiger partial charge in [-0.3, -0.25) is 14.7 Å². The van der Waals surface area contributed by atoms with Crippen LogP contribution in [0.2, 0.25) is 0 Å². The van der Waals surface area contributed by atoms with Crippen LogP contribution in [0.4, 0.5) is 5.82 Å². The van der Waals surface area contributed by atoms with E-state index in [-0.39, 0.29) is 17.6 Å². The Balaban J connectivity index is 1.84. The molecule has 236 valence electrons. The van der Waals surface area contributed by atoms with Crippen molar-refractivity contribution in [2.24, 2.45) is 21.9 Å². The van der Waals surface area contributed by atoms with Crippen LogP contribution in [0, 0.1) is 11.8 Å². The minimum Gasteiger partial charge on any atom is -0.507 e. The van der Waals surface area contributed by atoms with Crippen molar-refractivity contribution in [2.75, 3.05) is 25.4 Å². The molecule has 0 saturated heterocycles. The molecule has 1 aliphatic rings. The average Bonchev–Trinajstić information content (AvgIpc) is 3.39. The van der Waals surface area contributed by atoms with E-state index >= 15 is 0 Å². The molecule has 1 aromatic heterocycles. The molecule has 0 radical (unpaired) electrons. The number of amides is 1. The molecule has 1 amide bonds. The number of benzene rings is 1. The molecule has 2 heterocycles. The van der Waals surface area contributed by atoms with E-state index in [9.17, 15) is 9.90 Å². The van der Waals surface area contributed by atoms with E-state index in [1.807, 2.05) is 24.4 Å². The van der Waals surface area contributed by atoms with Gasteiger partial charge in [-0.1, -0.05) is 58.7 Å². The minimum atomic E-state index is -0.368. The van der Waals surface area contributed by atoms with Crippen LogP contribution in [0.25, 0.3) is 0 Å². The zero-order chi connectivity index (χ0) is 31.2. The van der Waals surface area contributed by atoms with Gasteiger partial charge < -0.3 is 10.8 Å². The van der Waals surface area contributed by atoms with Gasteiger partial charge in [-0.25, -0.2) is 10.1 Å². The topological polar surface area (TPSA) is 142 Å². The number of nitrogens with zero attached hydrogens (tertiary/aromatic N) is 5. The quantitative estimate of drug-likeness (QED) is 0.155. The number of hydrogen-bond acceptors (Lipinski definition) is 9. The number of unbranched alkanes of at least 4 members (excludes halogenated alkanes) is 1. The molecule has 3 rings (SSSR count). The summed E-state index contributed by atoms with van der Waals surface area (Å²) in [6.07, 6.45) is 11.8. The van der Waals surface area contributed by atoms with Gasteiger partial charge in [-0.05, 0) is 97.8 Å². The smallest absolute Gasteiger partial charge is 0.289 e. The lowest BCUT2D eigenvalue weighted by Gasteiger charge is -2.29. The van der Waals surface area contributed by atoms with E-state index in [1.165, 1.54) is 6.21 Å². The van der Waals surface area contributed by atoms with Crippen molar-refractivity contribution in [3.8, 4) is 5.75 Å². The van der Waals surface area contributed by atoms with Gasteiger partial charge in [0.1, 0.15) is 17.1 Å². The highest BCUT2D eigenvalue weighted by molar-refractivity contribution is 5.96. The Kier molecular flexibility index (Phi) is 13.9. The molecule has 1 aliphatic heterocycles. The Labute approximate surface area is 256 Å². The molecule has 1 aromatic carbocycles. The standard InChI is InChI=1S/C33H51N7O3/c1-6-10-11-24(9-4)25-12-13-26(30(41)20-25)21-36-37-33(42)31-28(22-40(16-7-2)17-8-3)18-27(23(5)14-15-35-31)19-29-32(34)39-43-38-29/h12-13,15,20-21,23-24,27,41H,6-11,14,16-19,22H2,1-5H3,(H2,34,39)(H,37,42). The number of nitrogen functional groups attached to an aromatic ring is 1. The van der Waals surface area contributed by atoms with E-state index in [2.05, 4.69) is 65.4 Å². The van der Waals surface area contributed by atoms with Crippen LogP contribution in [0.3, 0.4) is 0 Å². The van der Waals surface area contributed by atoms with Gasteiger partial charge in [0.2, 0.25) is 0 Å². The third-order valence-electron chi connectivity index (χ3n) is 8.39. The molecule has 3 unspecified atom stereocenters. The minimum absolute atomic E-state index is 0.155. The molecule has 0 bridgehead atoms. The lowest BCUT2D eigenvalue weighted by atomic mass is 9.81. The van der Waals surface area contributed by atoms with Gasteiger partial charge in [0, 0.05) is 24.7 Å². The number of nitrogens with one attached hydrogen (secondary N) is 1. The van der Waals surface area contributed by atoms with Gasteiger partial charge in [0.15, 0.2) is 5.82 Å². The highest BCUT2D eigenvalue weighted by atomic mass is 16.6. The van der Waals surface area contributed by atoms with Crippen LogP contribution in [-0.4, -0.2) is 58.3 Å². The number of rotatable bonds is 16. The van der Waals surface area contributed by atoms with Crippen LogP contribution >= 0.6 is 0 Å². The van der Waals surface area contributed by atoms with Crippen LogP contribution in [-0.2, 0) is 11.2 Å². The molecule has 4 N–H and O–H groups in total. The number of aliphatic imine (C=N–C) groups is 1. The summed E-state index contributed by atoms with van der Waals surface area (Å²) in [5.41, 5.74) is 12.3. The van der Waals surface area contributed by atoms with Crippen molar-refractivity contribution in [1.82, 2.24) is 20.6 Å². The summed E-state index contributed by atoms with van der Waals surface area (Å²) < 4.78 is 4.85. The first-order chi connectivity index (χ1) is 20.8. The number of aromatic hydroxyl groups is 1. The number of anilines is 1. The molecule has 43 heavy (non-hydrogen) atoms. The maximum Gasteiger partial charge on any atom is 0.289 e. The maximum atomic E-state index is 13.6. The van der Waals surface area contributed by atoms with Crippen molar-refractivity contribution < 1.29 is 14.5 Å². The van der Waals surface area contributed by atoms with Gasteiger partial charge >= 0.3 is 0 Å². The molecule has 0 spiro atoms. The SMILES string of the molecule is CCCCC(CC)c1ccc(C=NNC(=O)C2=C(CN(CCC)CCC)CC(Cc3nonc3N)C(C)CC=N2)c(O)c1. The second kappa shape index (κ2) is 17.6. The number of carbonyl (C=O) groups excluding carboxylic acids is 1. The molecule has 0 aliphatic carbocycles. The first-order valence-corrected chi connectivity index (χ1v) is 16.0. The van der Waals surface area contributed by atoms with Crippen LogP contribution in [0.15, 0.2) is 44.2 Å². The Morgan fingerprint density at radius 3 is 2.60 bits per heavy atom. The van der Waals surface area contributed by atoms with Crippen LogP contribution in [0.1, 0.15) is 109 Å². The van der Waals surface area contributed by atoms with Crippen molar-refractivity contribution in [1.29, 1.82) is 0 Å². The largest absolute Gasteiger partial charge is 0.507 e. The normalized spacial score (nSPS) is 18.3. The average molecular weight is 594 g/mol. The fourth-order valence-electron chi connectivity index (χ4n) is 5.81. The fourth-order valence-corrected chi connectivity index (χ4v) is 5.81. The summed E-state index contributed by atoms with van der Waals surface area (Å²) in [6.45, 7) is 13.4. The van der Waals surface area contributed by atoms with E-state index in [0.717, 1.165) is 62.8 Å². The predicted octanol–water partition coefficient (Wildman–Crippen LogP) is 6.23. The van der Waals surface area contributed by atoms with Gasteiger partial charge in [0.25, 0.3) is 5.91 Å². The molecule has 0 fully saturated rings. The Bertz CT molecular complexity index is 1250. The molecule has 10 heteroatoms. The number of hydrogen-bond donors (Lipinski definition) is 3. The number of phenols is 1. The summed E-state index contributed by atoms with van der Waals surface area (Å²) in [5, 5.41) is 22.7. The third kappa shape index (κ3) is 10.0. The summed E-state index contributed by atoms with van der Waals surface area (Å²) in [4.78, 5) is 20.6. The van der Waals surface area contributed by atoms with Crippen molar-refractivity contribution >= 4 is 24.2 Å². The van der Waals surface area contributed by atoms with Crippen molar-refractivity contribution in [3.05, 3.63) is 46.3 Å². The second-order valence-corrected chi connectivity index (χ2v) is 11.8. The van der Waals surface area contributed by atoms with Gasteiger partial charge in [-0.2, -0.15) is 5.10 Å². The van der Waals surface area contributed by atoms with Crippen molar-refractivity contribution in [3.63, 3.8) is 0 Å². The number of nitrogens with two attached hydrogens (primary N) is 1. The zero-order valence-electron chi connectivity index (χ0n) is 26.7. The predicted molar refractivity (Wildman–Crippen MR) is 173 cm³/mol. The highest BCUT2D eigenvalue weighted by Crippen LogP contribution is 2.32. The first-order valence-electron chi connectivity index (χ1n) is 16.0. The zero-order valence-corrected chi connectivity index (χ0v) is 26.7. The summed E-state index contributed by atoms with van der Waals surface area (Å²) in [7, 11) is 0. The molecule has 2 aromatic rings. The summed E-state index contributed by atoms with van der Waals surface area (Å²) >= 11 is 0. The molecule has 0 saturated carbocycles. The Morgan fingerprint density at radius 2 is 1.98 bits per heavy atom. The first kappa shape index (κ1) is 34.0. The summed E-state index contributed by atoms with van der Waals surface area (Å²) in [5.74, 6) is 0.982. The third-order valence-corrected chi connectivity index (χ3v) is 8.39. The maximum absolute atomic E-state index is 13.6. The number of carbonyl (C=O) groups is 1. The Morgan fingerprint density at radius 1 is 1.21 bits per heavy atom. The highest BCUT2D eigenvalue weighted by Gasteiger charge is 2.27. The van der Waals surface area contributed by atoms with E-state index < -0.39 is 0 Å². The fraction of sp³-hybridized carbons (Fsp3) is 0.606. The molecular weight excluding hydrogens is 542 g/mol. The number of aromatic nitrogens is 2. The van der Waals surface area contributed by atoms with E-state index in [1.54, 1.807) is 0 Å². The molecule has 3 atom stereocenters. The Hall–Kier alpha value is -3.53. The van der Waals surface area contributed by atoms with Crippen LogP contribution < -0.4 is 11.2 Å². The van der Waals surface area contributed by atoms with Gasteiger partial charge in [0.05, 0.1) is 6.21 Å². The van der Waals surface area contributed by atoms with E-state index in [0.29, 0.717) is 60.4 Å². The summed E-state index contributed by atoms with van der Waals surface area (Å²) in [6, 6.07) is 5.72. The molecular formula is C33H51N7O3. The lowest BCUT2D eigenvalue weighted by molar-refractivity contribution is -0.117. The number of hydrazone groups is 1. The van der Waals surface area contributed by atoms with Crippen molar-refractivity contribution in [2.45, 2.75) is 98.3 Å². The monoisotopic (exact) mass is 593 g/mol. The second-order valence-electron chi connectivity index (χ2n) is 11.8. The molecule has 10 nitrogen and oxygen atoms in total. The van der Waals surface area contributed by atoms with Crippen LogP contribution in [0.5, 0.6) is 5.75 Å².